The molecule has 3 aromatic heterocycles. The van der Waals surface area contributed by atoms with Crippen LogP contribution in [0.5, 0.6) is 0 Å². The predicted molar refractivity (Wildman–Crippen MR) is 153 cm³/mol. The largest absolute Gasteiger partial charge is 0.481 e. The summed E-state index contributed by atoms with van der Waals surface area (Å²) >= 11 is 0. The summed E-state index contributed by atoms with van der Waals surface area (Å²) in [5.74, 6) is -1.05. The second-order valence-corrected chi connectivity index (χ2v) is 10.2. The fraction of sp³-hybridized carbons (Fsp3) is 0.233. The number of fused-ring (bicyclic) bond motifs is 1. The normalized spacial score (nSPS) is 14.2. The quantitative estimate of drug-likeness (QED) is 0.276. The van der Waals surface area contributed by atoms with Crippen molar-refractivity contribution in [1.82, 2.24) is 34.4 Å². The number of aromatic nitrogens is 6. The van der Waals surface area contributed by atoms with Crippen molar-refractivity contribution in [2.75, 3.05) is 18.8 Å². The summed E-state index contributed by atoms with van der Waals surface area (Å²) in [5, 5.41) is 13.9. The third-order valence-corrected chi connectivity index (χ3v) is 7.52. The average molecular weight is 564 g/mol. The van der Waals surface area contributed by atoms with Gasteiger partial charge in [0.2, 0.25) is 5.95 Å². The first-order chi connectivity index (χ1) is 20.4. The smallest absolute Gasteiger partial charge is 0.306 e. The van der Waals surface area contributed by atoms with Gasteiger partial charge >= 0.3 is 5.97 Å². The van der Waals surface area contributed by atoms with Gasteiger partial charge in [0.15, 0.2) is 17.2 Å². The molecule has 5 aromatic rings. The maximum atomic E-state index is 15.3. The molecule has 210 valence electrons. The van der Waals surface area contributed by atoms with E-state index in [-0.39, 0.29) is 24.1 Å². The predicted octanol–water partition coefficient (Wildman–Crippen LogP) is 4.41. The number of hydrogen-bond acceptors (Lipinski definition) is 8. The van der Waals surface area contributed by atoms with E-state index in [0.717, 1.165) is 5.56 Å². The van der Waals surface area contributed by atoms with Gasteiger partial charge in [-0.05, 0) is 60.8 Å². The number of anilines is 1. The Morgan fingerprint density at radius 3 is 2.69 bits per heavy atom. The van der Waals surface area contributed by atoms with Crippen molar-refractivity contribution in [1.29, 1.82) is 0 Å². The van der Waals surface area contributed by atoms with E-state index in [0.29, 0.717) is 77.7 Å². The van der Waals surface area contributed by atoms with E-state index in [1.54, 1.807) is 36.5 Å². The zero-order chi connectivity index (χ0) is 29.2. The van der Waals surface area contributed by atoms with E-state index >= 15 is 4.39 Å². The molecule has 42 heavy (non-hydrogen) atoms. The number of piperidine rings is 1. The van der Waals surface area contributed by atoms with E-state index in [1.807, 2.05) is 12.1 Å². The van der Waals surface area contributed by atoms with Gasteiger partial charge in [0.05, 0.1) is 29.4 Å². The molecule has 11 nitrogen and oxygen atoms in total. The number of aliphatic carboxylic acids is 1. The zero-order valence-electron chi connectivity index (χ0n) is 22.5. The third-order valence-electron chi connectivity index (χ3n) is 7.52. The molecule has 0 saturated carbocycles. The van der Waals surface area contributed by atoms with Crippen molar-refractivity contribution in [3.8, 4) is 22.5 Å². The Morgan fingerprint density at radius 2 is 1.95 bits per heavy atom. The summed E-state index contributed by atoms with van der Waals surface area (Å²) in [4.78, 5) is 34.9. The van der Waals surface area contributed by atoms with Gasteiger partial charge in [0.1, 0.15) is 12.1 Å². The average Bonchev–Trinajstić information content (AvgIpc) is 3.44. The number of halogens is 1. The molecule has 0 atom stereocenters. The van der Waals surface area contributed by atoms with Crippen molar-refractivity contribution >= 4 is 23.3 Å². The molecule has 1 fully saturated rings. The van der Waals surface area contributed by atoms with Gasteiger partial charge < -0.3 is 10.8 Å². The molecule has 3 N–H and O–H groups in total. The summed E-state index contributed by atoms with van der Waals surface area (Å²) < 4.78 is 16.7. The number of likely N-dealkylation sites (tertiary alicyclic amines) is 1. The zero-order valence-corrected chi connectivity index (χ0v) is 22.5. The van der Waals surface area contributed by atoms with Gasteiger partial charge in [-0.15, -0.1) is 5.10 Å². The highest BCUT2D eigenvalue weighted by Gasteiger charge is 2.26. The highest BCUT2D eigenvalue weighted by atomic mass is 19.1. The first kappa shape index (κ1) is 26.9. The highest BCUT2D eigenvalue weighted by Crippen LogP contribution is 2.35. The fourth-order valence-electron chi connectivity index (χ4n) is 5.37. The lowest BCUT2D eigenvalue weighted by atomic mass is 9.96. The number of carbonyl (C=O) groups is 1. The Kier molecular flexibility index (Phi) is 7.24. The Bertz CT molecular complexity index is 1830. The Morgan fingerprint density at radius 1 is 1.14 bits per heavy atom. The Hall–Kier alpha value is -5.28. The molecule has 12 heteroatoms. The summed E-state index contributed by atoms with van der Waals surface area (Å²) in [5.41, 5.74) is 10.7. The molecular weight excluding hydrogens is 537 g/mol. The number of carboxylic acids is 1. The van der Waals surface area contributed by atoms with Crippen LogP contribution in [-0.2, 0) is 17.8 Å². The van der Waals surface area contributed by atoms with Crippen molar-refractivity contribution in [2.45, 2.75) is 25.8 Å². The van der Waals surface area contributed by atoms with Crippen LogP contribution >= 0.6 is 0 Å². The van der Waals surface area contributed by atoms with Gasteiger partial charge in [0.25, 0.3) is 0 Å². The fourth-order valence-corrected chi connectivity index (χ4v) is 5.37. The number of nitrogens with zero attached hydrogens (tertiary/aromatic N) is 8. The molecule has 0 unspecified atom stereocenters. The van der Waals surface area contributed by atoms with Crippen molar-refractivity contribution in [3.63, 3.8) is 0 Å². The van der Waals surface area contributed by atoms with Crippen molar-refractivity contribution < 1.29 is 14.3 Å². The van der Waals surface area contributed by atoms with Crippen LogP contribution in [0, 0.1) is 18.3 Å². The van der Waals surface area contributed by atoms with Crippen LogP contribution in [0.2, 0.25) is 0 Å². The monoisotopic (exact) mass is 563 g/mol. The molecule has 0 spiro atoms. The van der Waals surface area contributed by atoms with E-state index in [1.165, 1.54) is 16.9 Å². The van der Waals surface area contributed by atoms with Crippen LogP contribution in [-0.4, -0.2) is 58.6 Å². The summed E-state index contributed by atoms with van der Waals surface area (Å²) in [7, 11) is 0. The van der Waals surface area contributed by atoms with Gasteiger partial charge in [-0.25, -0.2) is 29.2 Å². The summed E-state index contributed by atoms with van der Waals surface area (Å²) in [6.07, 6.45) is 4.27. The van der Waals surface area contributed by atoms with E-state index in [9.17, 15) is 9.90 Å². The van der Waals surface area contributed by atoms with Crippen LogP contribution in [0.15, 0.2) is 61.1 Å². The Balaban J connectivity index is 1.40. The minimum atomic E-state index is -0.767. The van der Waals surface area contributed by atoms with Gasteiger partial charge in [-0.2, -0.15) is 4.52 Å². The van der Waals surface area contributed by atoms with Gasteiger partial charge in [-0.3, -0.25) is 9.69 Å². The molecule has 1 aliphatic rings. The van der Waals surface area contributed by atoms with Crippen molar-refractivity contribution in [3.05, 3.63) is 95.2 Å². The highest BCUT2D eigenvalue weighted by molar-refractivity contribution is 5.89. The molecule has 1 saturated heterocycles. The molecule has 0 bridgehead atoms. The molecule has 0 amide bonds. The molecular formula is C30H26FN9O2. The van der Waals surface area contributed by atoms with Crippen LogP contribution in [0.1, 0.15) is 29.8 Å². The second-order valence-electron chi connectivity index (χ2n) is 10.2. The first-order valence-electron chi connectivity index (χ1n) is 13.4. The second kappa shape index (κ2) is 11.3. The maximum absolute atomic E-state index is 15.3. The van der Waals surface area contributed by atoms with Crippen LogP contribution < -0.4 is 5.73 Å². The standard InChI is InChI=1S/C30H26FN9O2/c1-33-21-6-2-4-19(14-21)27-26(24-8-11-34-17-35-24)28-36-25(38-40(28)30(32)37-27)15-22-20(5-3-7-23(22)31)16-39-12-9-18(10-13-39)29(41)42/h2-8,11,14,17-18H,9-10,12-13,15-16H2,(H2,32,37)(H,41,42). The van der Waals surface area contributed by atoms with Gasteiger partial charge in [-0.1, -0.05) is 30.3 Å². The summed E-state index contributed by atoms with van der Waals surface area (Å²) in [6, 6.07) is 13.7. The summed E-state index contributed by atoms with van der Waals surface area (Å²) in [6.45, 7) is 9.16. The lowest BCUT2D eigenvalue weighted by molar-refractivity contribution is -0.143. The topological polar surface area (TPSA) is 140 Å². The lowest BCUT2D eigenvalue weighted by Gasteiger charge is -2.30. The van der Waals surface area contributed by atoms with E-state index in [4.69, 9.17) is 17.3 Å². The van der Waals surface area contributed by atoms with Crippen LogP contribution in [0.4, 0.5) is 16.0 Å². The van der Waals surface area contributed by atoms with E-state index < -0.39 is 5.97 Å². The molecule has 0 aliphatic carbocycles. The molecule has 0 radical (unpaired) electrons. The lowest BCUT2D eigenvalue weighted by Crippen LogP contribution is -2.36. The number of hydrogen-bond donors (Lipinski definition) is 2. The van der Waals surface area contributed by atoms with Crippen LogP contribution in [0.3, 0.4) is 0 Å². The first-order valence-corrected chi connectivity index (χ1v) is 13.4. The number of rotatable bonds is 7. The number of nitrogens with two attached hydrogens (primary N) is 1. The number of benzene rings is 2. The molecule has 6 rings (SSSR count). The minimum Gasteiger partial charge on any atom is -0.481 e. The molecule has 4 heterocycles. The maximum Gasteiger partial charge on any atom is 0.306 e. The third kappa shape index (κ3) is 5.25. The van der Waals surface area contributed by atoms with E-state index in [2.05, 4.69) is 29.8 Å². The van der Waals surface area contributed by atoms with Crippen LogP contribution in [0.25, 0.3) is 33.0 Å². The van der Waals surface area contributed by atoms with Gasteiger partial charge in [0, 0.05) is 19.2 Å². The Labute approximate surface area is 240 Å². The molecule has 1 aliphatic heterocycles. The molecule has 2 aromatic carbocycles. The number of carboxylic acid groups (broad SMARTS) is 1. The minimum absolute atomic E-state index is 0.0832. The number of nitrogen functional groups attached to an aromatic ring is 1. The van der Waals surface area contributed by atoms with Crippen molar-refractivity contribution in [2.24, 2.45) is 5.92 Å². The SMILES string of the molecule is [C-]#[N+]c1cccc(-c2nc(N)n3nc(Cc4c(F)cccc4CN4CCC(C(=O)O)CC4)nc3c2-c2ccncn2)c1.